The Kier molecular flexibility index (Phi) is 2.86. The van der Waals surface area contributed by atoms with E-state index in [0.717, 1.165) is 0 Å². The fraction of sp³-hybridized carbons (Fsp3) is 0.778. The van der Waals surface area contributed by atoms with Crippen LogP contribution >= 0.6 is 11.6 Å². The van der Waals surface area contributed by atoms with E-state index in [0.29, 0.717) is 5.03 Å². The first-order valence-corrected chi connectivity index (χ1v) is 5.27. The van der Waals surface area contributed by atoms with Crippen LogP contribution in [-0.4, -0.2) is 35.2 Å². The number of nitrogens with zero attached hydrogens (tertiary/aromatic N) is 3. The number of aliphatic hydroxyl groups is 1. The lowest BCUT2D eigenvalue weighted by Crippen LogP contribution is -2.45. The monoisotopic (exact) mass is 245 g/mol. The largest absolute Gasteiger partial charge is 0.390 e. The van der Waals surface area contributed by atoms with Crippen LogP contribution in [0.3, 0.4) is 0 Å². The molecule has 0 spiro atoms. The van der Waals surface area contributed by atoms with Crippen LogP contribution in [0.4, 0.5) is 0 Å². The van der Waals surface area contributed by atoms with E-state index in [1.807, 2.05) is 0 Å². The fourth-order valence-corrected chi connectivity index (χ4v) is 2.26. The van der Waals surface area contributed by atoms with Crippen molar-refractivity contribution in [3.63, 3.8) is 0 Å². The second-order valence-electron chi connectivity index (χ2n) is 4.26. The summed E-state index contributed by atoms with van der Waals surface area (Å²) in [4.78, 5) is 2.66. The SMILES string of the molecule is CC1(C)O[C@H]2[C@H](O)[C@H](N=[N+]=[N-])C=C(Cl)[C@H]2O1. The molecular formula is C9H12ClN3O3. The van der Waals surface area contributed by atoms with Gasteiger partial charge in [0.1, 0.15) is 12.2 Å². The molecule has 16 heavy (non-hydrogen) atoms. The summed E-state index contributed by atoms with van der Waals surface area (Å²) in [5, 5.41) is 13.8. The second kappa shape index (κ2) is 3.91. The lowest BCUT2D eigenvalue weighted by molar-refractivity contribution is -0.153. The molecule has 0 saturated carbocycles. The Bertz CT molecular complexity index is 378. The summed E-state index contributed by atoms with van der Waals surface area (Å²) >= 11 is 6.00. The van der Waals surface area contributed by atoms with Gasteiger partial charge in [0.15, 0.2) is 5.79 Å². The molecule has 1 heterocycles. The van der Waals surface area contributed by atoms with E-state index < -0.39 is 30.1 Å². The van der Waals surface area contributed by atoms with Crippen LogP contribution in [0.2, 0.25) is 0 Å². The normalized spacial score (nSPS) is 40.9. The molecule has 1 N–H and O–H groups in total. The molecule has 0 unspecified atom stereocenters. The Morgan fingerprint density at radius 2 is 2.25 bits per heavy atom. The van der Waals surface area contributed by atoms with E-state index >= 15 is 0 Å². The summed E-state index contributed by atoms with van der Waals surface area (Å²) in [5.74, 6) is -0.796. The van der Waals surface area contributed by atoms with Gasteiger partial charge in [-0.3, -0.25) is 0 Å². The number of hydrogen-bond donors (Lipinski definition) is 1. The predicted octanol–water partition coefficient (Wildman–Crippen LogP) is 1.68. The maximum Gasteiger partial charge on any atom is 0.164 e. The van der Waals surface area contributed by atoms with Crippen LogP contribution < -0.4 is 0 Å². The highest BCUT2D eigenvalue weighted by atomic mass is 35.5. The summed E-state index contributed by atoms with van der Waals surface area (Å²) < 4.78 is 11.1. The molecule has 0 radical (unpaired) electrons. The van der Waals surface area contributed by atoms with Crippen molar-refractivity contribution >= 4 is 11.6 Å². The van der Waals surface area contributed by atoms with Crippen LogP contribution in [0.25, 0.3) is 10.4 Å². The molecule has 0 bridgehead atoms. The molecular weight excluding hydrogens is 234 g/mol. The number of ether oxygens (including phenoxy) is 2. The maximum atomic E-state index is 9.95. The summed E-state index contributed by atoms with van der Waals surface area (Å²) in [6.07, 6.45) is -0.525. The number of fused-ring (bicyclic) bond motifs is 1. The first-order chi connectivity index (χ1) is 7.44. The number of hydrogen-bond acceptors (Lipinski definition) is 4. The molecule has 88 valence electrons. The Morgan fingerprint density at radius 3 is 2.88 bits per heavy atom. The van der Waals surface area contributed by atoms with E-state index in [9.17, 15) is 5.11 Å². The second-order valence-corrected chi connectivity index (χ2v) is 4.69. The van der Waals surface area contributed by atoms with Crippen molar-refractivity contribution in [2.75, 3.05) is 0 Å². The van der Waals surface area contributed by atoms with Crippen molar-refractivity contribution < 1.29 is 14.6 Å². The number of azide groups is 1. The van der Waals surface area contributed by atoms with Crippen LogP contribution in [0.1, 0.15) is 13.8 Å². The van der Waals surface area contributed by atoms with Gasteiger partial charge in [0.05, 0.1) is 12.1 Å². The van der Waals surface area contributed by atoms with E-state index in [4.69, 9.17) is 26.6 Å². The standard InChI is InChI=1S/C9H12ClN3O3/c1-9(2)15-7-4(10)3-5(12-13-11)6(14)8(7)16-9/h3,5-8,14H,1-2H3/t5-,6-,7-,8+/m1/s1. The minimum atomic E-state index is -0.940. The quantitative estimate of drug-likeness (QED) is 0.433. The van der Waals surface area contributed by atoms with Gasteiger partial charge in [-0.1, -0.05) is 22.8 Å². The van der Waals surface area contributed by atoms with Crippen molar-refractivity contribution in [3.8, 4) is 0 Å². The molecule has 2 aliphatic rings. The van der Waals surface area contributed by atoms with Gasteiger partial charge in [-0.2, -0.15) is 0 Å². The van der Waals surface area contributed by atoms with Gasteiger partial charge in [-0.05, 0) is 19.4 Å². The summed E-state index contributed by atoms with van der Waals surface area (Å²) in [5.41, 5.74) is 8.37. The average Bonchev–Trinajstić information content (AvgIpc) is 2.51. The Hall–Kier alpha value is -0.780. The topological polar surface area (TPSA) is 87.5 Å². The van der Waals surface area contributed by atoms with Gasteiger partial charge in [0, 0.05) is 9.94 Å². The lowest BCUT2D eigenvalue weighted by Gasteiger charge is -2.29. The smallest absolute Gasteiger partial charge is 0.164 e. The van der Waals surface area contributed by atoms with Crippen molar-refractivity contribution in [2.45, 2.75) is 44.0 Å². The van der Waals surface area contributed by atoms with Crippen LogP contribution in [0, 0.1) is 0 Å². The predicted molar refractivity (Wildman–Crippen MR) is 56.7 cm³/mol. The molecule has 1 aliphatic carbocycles. The van der Waals surface area contributed by atoms with Crippen molar-refractivity contribution in [2.24, 2.45) is 5.11 Å². The van der Waals surface area contributed by atoms with E-state index in [2.05, 4.69) is 10.0 Å². The highest BCUT2D eigenvalue weighted by Gasteiger charge is 2.50. The summed E-state index contributed by atoms with van der Waals surface area (Å²) in [6, 6.07) is -0.712. The molecule has 1 fully saturated rings. The number of rotatable bonds is 1. The van der Waals surface area contributed by atoms with Crippen molar-refractivity contribution in [1.29, 1.82) is 0 Å². The summed E-state index contributed by atoms with van der Waals surface area (Å²) in [6.45, 7) is 3.48. The van der Waals surface area contributed by atoms with E-state index in [-0.39, 0.29) is 0 Å². The highest BCUT2D eigenvalue weighted by molar-refractivity contribution is 6.30. The average molecular weight is 246 g/mol. The molecule has 0 aromatic heterocycles. The fourth-order valence-electron chi connectivity index (χ4n) is 1.96. The third-order valence-corrected chi connectivity index (χ3v) is 2.94. The van der Waals surface area contributed by atoms with Gasteiger partial charge < -0.3 is 14.6 Å². The number of aliphatic hydroxyl groups excluding tert-OH is 1. The van der Waals surface area contributed by atoms with Crippen LogP contribution in [0.5, 0.6) is 0 Å². The van der Waals surface area contributed by atoms with Crippen molar-refractivity contribution in [1.82, 2.24) is 0 Å². The van der Waals surface area contributed by atoms with Gasteiger partial charge >= 0.3 is 0 Å². The van der Waals surface area contributed by atoms with Crippen molar-refractivity contribution in [3.05, 3.63) is 21.6 Å². The summed E-state index contributed by atoms with van der Waals surface area (Å²) in [7, 11) is 0. The van der Waals surface area contributed by atoms with Crippen LogP contribution in [-0.2, 0) is 9.47 Å². The molecule has 7 heteroatoms. The molecule has 6 nitrogen and oxygen atoms in total. The maximum absolute atomic E-state index is 9.95. The zero-order valence-corrected chi connectivity index (χ0v) is 9.63. The molecule has 1 aliphatic heterocycles. The zero-order valence-electron chi connectivity index (χ0n) is 8.87. The molecule has 0 aromatic carbocycles. The van der Waals surface area contributed by atoms with E-state index in [1.54, 1.807) is 13.8 Å². The Labute approximate surface area is 97.4 Å². The Morgan fingerprint density at radius 1 is 1.56 bits per heavy atom. The van der Waals surface area contributed by atoms with Crippen LogP contribution in [0.15, 0.2) is 16.2 Å². The molecule has 4 atom stereocenters. The Balaban J connectivity index is 2.30. The highest BCUT2D eigenvalue weighted by Crippen LogP contribution is 2.39. The van der Waals surface area contributed by atoms with Gasteiger partial charge in [-0.25, -0.2) is 0 Å². The van der Waals surface area contributed by atoms with Gasteiger partial charge in [0.25, 0.3) is 0 Å². The third kappa shape index (κ3) is 1.90. The molecule has 2 rings (SSSR count). The minimum absolute atomic E-state index is 0.401. The van der Waals surface area contributed by atoms with Gasteiger partial charge in [-0.15, -0.1) is 0 Å². The zero-order chi connectivity index (χ0) is 11.9. The van der Waals surface area contributed by atoms with Gasteiger partial charge in [0.2, 0.25) is 0 Å². The number of halogens is 1. The van der Waals surface area contributed by atoms with E-state index in [1.165, 1.54) is 6.08 Å². The third-order valence-electron chi connectivity index (χ3n) is 2.60. The lowest BCUT2D eigenvalue weighted by atomic mass is 9.95. The molecule has 1 saturated heterocycles. The first-order valence-electron chi connectivity index (χ1n) is 4.90. The minimum Gasteiger partial charge on any atom is -0.390 e. The first kappa shape index (κ1) is 11.7. The molecule has 0 aromatic rings. The molecule has 0 amide bonds.